The Bertz CT molecular complexity index is 723. The summed E-state index contributed by atoms with van der Waals surface area (Å²) in [6.07, 6.45) is -0.377. The zero-order valence-corrected chi connectivity index (χ0v) is 14.3. The third kappa shape index (κ3) is 2.67. The Morgan fingerprint density at radius 1 is 1.33 bits per heavy atom. The van der Waals surface area contributed by atoms with Crippen molar-refractivity contribution in [2.24, 2.45) is 11.8 Å². The number of alkyl carbamates (subject to hydrolysis) is 1. The molecule has 2 aromatic rings. The molecule has 1 unspecified atom stereocenters. The number of hydrogen-bond acceptors (Lipinski definition) is 6. The summed E-state index contributed by atoms with van der Waals surface area (Å²) < 4.78 is 5.32. The zero-order chi connectivity index (χ0) is 16.6. The van der Waals surface area contributed by atoms with E-state index >= 15 is 0 Å². The molecule has 4 rings (SSSR count). The lowest BCUT2D eigenvalue weighted by Gasteiger charge is -2.19. The molecule has 2 N–H and O–H groups in total. The molecule has 0 bridgehead atoms. The summed E-state index contributed by atoms with van der Waals surface area (Å²) in [5, 5.41) is 16.9. The van der Waals surface area contributed by atoms with Crippen LogP contribution in [0.25, 0.3) is 0 Å². The fraction of sp³-hybridized carbons (Fsp3) is 0.471. The lowest BCUT2D eigenvalue weighted by Crippen LogP contribution is -2.38. The monoisotopic (exact) mass is 344 g/mol. The molecule has 1 aromatic heterocycles. The average molecular weight is 344 g/mol. The number of piperidine rings is 1. The van der Waals surface area contributed by atoms with Crippen molar-refractivity contribution in [3.05, 3.63) is 45.9 Å². The Kier molecular flexibility index (Phi) is 3.97. The molecule has 126 valence electrons. The number of carbonyl (C=O) groups is 1. The van der Waals surface area contributed by atoms with Crippen molar-refractivity contribution in [3.8, 4) is 0 Å². The van der Waals surface area contributed by atoms with Crippen LogP contribution in [0, 0.1) is 18.8 Å². The molecule has 1 saturated carbocycles. The molecule has 1 saturated heterocycles. The normalized spacial score (nSPS) is 27.5. The van der Waals surface area contributed by atoms with Gasteiger partial charge in [0.25, 0.3) is 0 Å². The molecular formula is C17H20N4O2S. The number of benzene rings is 1. The highest BCUT2D eigenvalue weighted by Crippen LogP contribution is 2.61. The topological polar surface area (TPSA) is 76.1 Å². The molecule has 6 nitrogen and oxygen atoms in total. The van der Waals surface area contributed by atoms with Crippen molar-refractivity contribution in [2.45, 2.75) is 18.9 Å². The van der Waals surface area contributed by atoms with Crippen LogP contribution < -0.4 is 10.6 Å². The van der Waals surface area contributed by atoms with E-state index in [9.17, 15) is 4.79 Å². The van der Waals surface area contributed by atoms with Crippen LogP contribution in [0.15, 0.2) is 30.3 Å². The number of fused-ring (bicyclic) bond motifs is 1. The van der Waals surface area contributed by atoms with Crippen LogP contribution in [-0.4, -0.2) is 35.9 Å². The molecule has 2 aliphatic rings. The van der Waals surface area contributed by atoms with E-state index in [1.54, 1.807) is 11.3 Å². The maximum absolute atomic E-state index is 12.1. The molecule has 0 radical (unpaired) electrons. The standard InChI is InChI=1S/C17H20N4O2S/c1-11-20-21-15(24-11)17(13-7-18-8-14(13)17)10-19-16(22)23-9-12-5-3-2-4-6-12/h2-6,13-14,18H,7-10H2,1H3,(H,19,22)/t13-,14+,17?. The van der Waals surface area contributed by atoms with Gasteiger partial charge in [-0.15, -0.1) is 21.5 Å². The van der Waals surface area contributed by atoms with E-state index in [2.05, 4.69) is 20.8 Å². The zero-order valence-electron chi connectivity index (χ0n) is 13.5. The lowest BCUT2D eigenvalue weighted by molar-refractivity contribution is 0.138. The molecule has 1 aliphatic heterocycles. The van der Waals surface area contributed by atoms with Gasteiger partial charge in [0.05, 0.1) is 5.41 Å². The van der Waals surface area contributed by atoms with Gasteiger partial charge in [-0.3, -0.25) is 0 Å². The predicted octanol–water partition coefficient (Wildman–Crippen LogP) is 1.86. The summed E-state index contributed by atoms with van der Waals surface area (Å²) in [5.74, 6) is 1.05. The van der Waals surface area contributed by atoms with Gasteiger partial charge < -0.3 is 15.4 Å². The van der Waals surface area contributed by atoms with Gasteiger partial charge in [-0.2, -0.15) is 0 Å². The molecule has 1 amide bonds. The molecule has 1 aliphatic carbocycles. The first kappa shape index (κ1) is 15.5. The highest BCUT2D eigenvalue weighted by atomic mass is 32.1. The van der Waals surface area contributed by atoms with Gasteiger partial charge in [0.1, 0.15) is 16.6 Å². The number of rotatable bonds is 5. The number of aryl methyl sites for hydroxylation is 1. The van der Waals surface area contributed by atoms with Gasteiger partial charge in [0.15, 0.2) is 0 Å². The highest BCUT2D eigenvalue weighted by molar-refractivity contribution is 7.11. The number of nitrogens with one attached hydrogen (secondary N) is 2. The fourth-order valence-corrected chi connectivity index (χ4v) is 4.79. The first-order valence-electron chi connectivity index (χ1n) is 8.16. The minimum atomic E-state index is -0.377. The number of hydrogen-bond donors (Lipinski definition) is 2. The van der Waals surface area contributed by atoms with Crippen LogP contribution in [0.4, 0.5) is 4.79 Å². The predicted molar refractivity (Wildman–Crippen MR) is 90.8 cm³/mol. The van der Waals surface area contributed by atoms with E-state index in [-0.39, 0.29) is 18.1 Å². The Morgan fingerprint density at radius 3 is 2.75 bits per heavy atom. The second-order valence-electron chi connectivity index (χ2n) is 6.45. The van der Waals surface area contributed by atoms with Crippen molar-refractivity contribution < 1.29 is 9.53 Å². The van der Waals surface area contributed by atoms with Crippen molar-refractivity contribution in [3.63, 3.8) is 0 Å². The highest BCUT2D eigenvalue weighted by Gasteiger charge is 2.68. The van der Waals surface area contributed by atoms with Gasteiger partial charge in [-0.05, 0) is 37.4 Å². The molecule has 1 aromatic carbocycles. The largest absolute Gasteiger partial charge is 0.445 e. The van der Waals surface area contributed by atoms with E-state index in [4.69, 9.17) is 4.74 Å². The van der Waals surface area contributed by atoms with E-state index in [1.165, 1.54) is 0 Å². The van der Waals surface area contributed by atoms with Gasteiger partial charge in [0, 0.05) is 6.54 Å². The molecule has 2 fully saturated rings. The fourth-order valence-electron chi connectivity index (χ4n) is 3.78. The number of aromatic nitrogens is 2. The summed E-state index contributed by atoms with van der Waals surface area (Å²) in [6, 6.07) is 9.69. The molecule has 3 atom stereocenters. The van der Waals surface area contributed by atoms with Crippen LogP contribution in [0.3, 0.4) is 0 Å². The lowest BCUT2D eigenvalue weighted by atomic mass is 10.0. The Labute approximate surface area is 144 Å². The number of ether oxygens (including phenoxy) is 1. The van der Waals surface area contributed by atoms with Crippen LogP contribution in [0.5, 0.6) is 0 Å². The van der Waals surface area contributed by atoms with Crippen molar-refractivity contribution in [1.82, 2.24) is 20.8 Å². The second kappa shape index (κ2) is 6.14. The van der Waals surface area contributed by atoms with Gasteiger partial charge in [-0.1, -0.05) is 30.3 Å². The molecule has 2 heterocycles. The van der Waals surface area contributed by atoms with E-state index in [0.717, 1.165) is 28.7 Å². The summed E-state index contributed by atoms with van der Waals surface area (Å²) in [4.78, 5) is 12.1. The Hall–Kier alpha value is -1.99. The van der Waals surface area contributed by atoms with Crippen molar-refractivity contribution >= 4 is 17.4 Å². The number of nitrogens with zero attached hydrogens (tertiary/aromatic N) is 2. The minimum absolute atomic E-state index is 0.0665. The SMILES string of the molecule is Cc1nnc(C2(CNC(=O)OCc3ccccc3)[C@@H]3CNC[C@@H]32)s1. The Balaban J connectivity index is 1.37. The van der Waals surface area contributed by atoms with E-state index in [0.29, 0.717) is 18.4 Å². The first-order chi connectivity index (χ1) is 11.7. The van der Waals surface area contributed by atoms with Crippen molar-refractivity contribution in [2.75, 3.05) is 19.6 Å². The number of amides is 1. The summed E-state index contributed by atoms with van der Waals surface area (Å²) in [6.45, 7) is 4.76. The molecule has 7 heteroatoms. The summed E-state index contributed by atoms with van der Waals surface area (Å²) >= 11 is 1.63. The van der Waals surface area contributed by atoms with E-state index in [1.807, 2.05) is 37.3 Å². The van der Waals surface area contributed by atoms with Crippen LogP contribution in [0.1, 0.15) is 15.6 Å². The van der Waals surface area contributed by atoms with Crippen LogP contribution in [0.2, 0.25) is 0 Å². The average Bonchev–Trinajstić information content (AvgIpc) is 2.99. The smallest absolute Gasteiger partial charge is 0.407 e. The van der Waals surface area contributed by atoms with Crippen LogP contribution in [-0.2, 0) is 16.8 Å². The van der Waals surface area contributed by atoms with Gasteiger partial charge in [-0.25, -0.2) is 4.79 Å². The minimum Gasteiger partial charge on any atom is -0.445 e. The summed E-state index contributed by atoms with van der Waals surface area (Å²) in [5.41, 5.74) is 0.915. The van der Waals surface area contributed by atoms with Crippen molar-refractivity contribution in [1.29, 1.82) is 0 Å². The quantitative estimate of drug-likeness (QED) is 0.866. The second-order valence-corrected chi connectivity index (χ2v) is 7.63. The third-order valence-electron chi connectivity index (χ3n) is 5.09. The van der Waals surface area contributed by atoms with E-state index < -0.39 is 0 Å². The molecule has 24 heavy (non-hydrogen) atoms. The maximum atomic E-state index is 12.1. The first-order valence-corrected chi connectivity index (χ1v) is 8.97. The molecular weight excluding hydrogens is 324 g/mol. The van der Waals surface area contributed by atoms with Crippen LogP contribution >= 0.6 is 11.3 Å². The third-order valence-corrected chi connectivity index (χ3v) is 6.12. The number of carbonyl (C=O) groups excluding carboxylic acids is 1. The molecule has 0 spiro atoms. The maximum Gasteiger partial charge on any atom is 0.407 e. The van der Waals surface area contributed by atoms with Gasteiger partial charge >= 0.3 is 6.09 Å². The Morgan fingerprint density at radius 2 is 2.08 bits per heavy atom. The van der Waals surface area contributed by atoms with Gasteiger partial charge in [0.2, 0.25) is 0 Å². The summed E-state index contributed by atoms with van der Waals surface area (Å²) in [7, 11) is 0.